The van der Waals surface area contributed by atoms with Crippen molar-refractivity contribution in [3.8, 4) is 17.2 Å². The number of benzene rings is 2. The summed E-state index contributed by atoms with van der Waals surface area (Å²) >= 11 is 0. The molecule has 0 radical (unpaired) electrons. The molecule has 0 amide bonds. The van der Waals surface area contributed by atoms with E-state index in [4.69, 9.17) is 16.4 Å². The highest BCUT2D eigenvalue weighted by atomic mass is 19.4. The lowest BCUT2D eigenvalue weighted by Crippen LogP contribution is -2.08. The topological polar surface area (TPSA) is 73.7 Å². The van der Waals surface area contributed by atoms with Crippen LogP contribution in [-0.4, -0.2) is 6.21 Å². The first-order chi connectivity index (χ1) is 9.88. The lowest BCUT2D eigenvalue weighted by Gasteiger charge is -2.15. The van der Waals surface area contributed by atoms with Crippen molar-refractivity contribution < 1.29 is 14.6 Å². The van der Waals surface area contributed by atoms with E-state index in [2.05, 4.69) is 0 Å². The largest absolute Gasteiger partial charge is 0.416 e. The standard InChI is InChI=1S/C15H10F3N3.H2/c16-15(17,18)10-5-12(13(8-20)14(21)6-10)11-4-2-1-3-9(11)7-19;/h1-6,8,20H,21H2;1H. The number of nitrogens with two attached hydrogens (primary N) is 1. The van der Waals surface area contributed by atoms with Crippen LogP contribution in [0.25, 0.3) is 11.1 Å². The Kier molecular flexibility index (Phi) is 3.68. The molecule has 0 atom stereocenters. The molecule has 3 nitrogen and oxygen atoms in total. The number of nitriles is 1. The summed E-state index contributed by atoms with van der Waals surface area (Å²) in [6.07, 6.45) is -3.66. The maximum absolute atomic E-state index is 12.9. The fourth-order valence-electron chi connectivity index (χ4n) is 2.04. The Hall–Kier alpha value is -2.81. The van der Waals surface area contributed by atoms with Crippen LogP contribution in [0.3, 0.4) is 0 Å². The Balaban J connectivity index is 0.00000242. The molecule has 3 N–H and O–H groups in total. The summed E-state index contributed by atoms with van der Waals surface area (Å²) in [5.41, 5.74) is 5.38. The molecule has 0 bridgehead atoms. The Bertz CT molecular complexity index is 749. The van der Waals surface area contributed by atoms with Crippen LogP contribution in [0.2, 0.25) is 0 Å². The second-order valence-corrected chi connectivity index (χ2v) is 4.33. The number of rotatable bonds is 2. The van der Waals surface area contributed by atoms with Gasteiger partial charge in [0, 0.05) is 24.5 Å². The molecular weight excluding hydrogens is 279 g/mol. The van der Waals surface area contributed by atoms with Crippen LogP contribution in [0, 0.1) is 16.7 Å². The number of hydrogen-bond acceptors (Lipinski definition) is 3. The van der Waals surface area contributed by atoms with Gasteiger partial charge in [-0.2, -0.15) is 18.4 Å². The monoisotopic (exact) mass is 291 g/mol. The molecule has 0 saturated carbocycles. The van der Waals surface area contributed by atoms with E-state index in [-0.39, 0.29) is 23.8 Å². The van der Waals surface area contributed by atoms with Gasteiger partial charge in [-0.15, -0.1) is 0 Å². The van der Waals surface area contributed by atoms with Crippen molar-refractivity contribution in [2.24, 2.45) is 0 Å². The molecule has 0 unspecified atom stereocenters. The molecular formula is C15H12F3N3. The second-order valence-electron chi connectivity index (χ2n) is 4.33. The average Bonchev–Trinajstić information content (AvgIpc) is 2.45. The maximum Gasteiger partial charge on any atom is 0.416 e. The summed E-state index contributed by atoms with van der Waals surface area (Å²) in [6, 6.07) is 9.88. The Morgan fingerprint density at radius 2 is 1.86 bits per heavy atom. The molecule has 0 aliphatic rings. The van der Waals surface area contributed by atoms with Crippen LogP contribution in [0.4, 0.5) is 18.9 Å². The van der Waals surface area contributed by atoms with E-state index in [0.29, 0.717) is 5.56 Å². The van der Waals surface area contributed by atoms with Gasteiger partial charge in [0.05, 0.1) is 17.2 Å². The lowest BCUT2D eigenvalue weighted by atomic mass is 9.93. The zero-order valence-electron chi connectivity index (χ0n) is 10.7. The number of halogens is 3. The quantitative estimate of drug-likeness (QED) is 0.646. The minimum absolute atomic E-state index is 0. The third-order valence-corrected chi connectivity index (χ3v) is 3.02. The van der Waals surface area contributed by atoms with E-state index < -0.39 is 11.7 Å². The van der Waals surface area contributed by atoms with Crippen LogP contribution < -0.4 is 5.73 Å². The number of anilines is 1. The maximum atomic E-state index is 12.9. The van der Waals surface area contributed by atoms with Crippen LogP contribution in [0.5, 0.6) is 0 Å². The van der Waals surface area contributed by atoms with Gasteiger partial charge in [-0.1, -0.05) is 18.2 Å². The summed E-state index contributed by atoms with van der Waals surface area (Å²) < 4.78 is 38.7. The average molecular weight is 291 g/mol. The normalized spacial score (nSPS) is 11.0. The summed E-state index contributed by atoms with van der Waals surface area (Å²) in [5.74, 6) is 0. The fraction of sp³-hybridized carbons (Fsp3) is 0.0667. The van der Waals surface area contributed by atoms with Crippen molar-refractivity contribution in [3.05, 3.63) is 53.1 Å². The first-order valence-corrected chi connectivity index (χ1v) is 5.89. The Morgan fingerprint density at radius 1 is 1.19 bits per heavy atom. The van der Waals surface area contributed by atoms with Crippen LogP contribution >= 0.6 is 0 Å². The molecule has 0 aromatic heterocycles. The summed E-state index contributed by atoms with van der Waals surface area (Å²) in [7, 11) is 0. The van der Waals surface area contributed by atoms with Crippen molar-refractivity contribution in [1.82, 2.24) is 0 Å². The second kappa shape index (κ2) is 5.29. The van der Waals surface area contributed by atoms with Gasteiger partial charge in [-0.25, -0.2) is 0 Å². The molecule has 2 rings (SSSR count). The highest BCUT2D eigenvalue weighted by Crippen LogP contribution is 2.37. The molecule has 21 heavy (non-hydrogen) atoms. The first-order valence-electron chi connectivity index (χ1n) is 5.89. The molecule has 0 fully saturated rings. The third-order valence-electron chi connectivity index (χ3n) is 3.02. The number of alkyl halides is 3. The van der Waals surface area contributed by atoms with E-state index in [0.717, 1.165) is 18.3 Å². The SMILES string of the molecule is N#Cc1ccccc1-c1cc(C(F)(F)F)cc(N)c1C=N.[HH]. The first kappa shape index (κ1) is 14.6. The number of nitrogens with zero attached hydrogens (tertiary/aromatic N) is 1. The summed E-state index contributed by atoms with van der Waals surface area (Å²) in [5, 5.41) is 16.4. The molecule has 108 valence electrons. The number of nitrogens with one attached hydrogen (secondary N) is 1. The predicted octanol–water partition coefficient (Wildman–Crippen LogP) is 4.07. The van der Waals surface area contributed by atoms with Crippen LogP contribution in [-0.2, 0) is 6.18 Å². The van der Waals surface area contributed by atoms with Gasteiger partial charge in [0.2, 0.25) is 0 Å². The number of nitrogen functional groups attached to an aromatic ring is 1. The Labute approximate surface area is 120 Å². The van der Waals surface area contributed by atoms with Gasteiger partial charge in [0.1, 0.15) is 0 Å². The number of hydrogen-bond donors (Lipinski definition) is 2. The molecule has 0 aliphatic heterocycles. The van der Waals surface area contributed by atoms with Gasteiger partial charge in [0.25, 0.3) is 0 Å². The molecule has 0 spiro atoms. The minimum atomic E-state index is -4.55. The highest BCUT2D eigenvalue weighted by molar-refractivity contribution is 5.96. The van der Waals surface area contributed by atoms with Gasteiger partial charge in [-0.05, 0) is 23.8 Å². The zero-order valence-corrected chi connectivity index (χ0v) is 10.7. The predicted molar refractivity (Wildman–Crippen MR) is 76.0 cm³/mol. The summed E-state index contributed by atoms with van der Waals surface area (Å²) in [4.78, 5) is 0. The van der Waals surface area contributed by atoms with Crippen molar-refractivity contribution in [3.63, 3.8) is 0 Å². The van der Waals surface area contributed by atoms with Gasteiger partial charge in [-0.3, -0.25) is 0 Å². The van der Waals surface area contributed by atoms with Gasteiger partial charge < -0.3 is 11.1 Å². The molecule has 6 heteroatoms. The van der Waals surface area contributed by atoms with Crippen LogP contribution in [0.1, 0.15) is 18.1 Å². The highest BCUT2D eigenvalue weighted by Gasteiger charge is 2.32. The van der Waals surface area contributed by atoms with Gasteiger partial charge in [0.15, 0.2) is 0 Å². The Morgan fingerprint density at radius 3 is 2.43 bits per heavy atom. The summed E-state index contributed by atoms with van der Waals surface area (Å²) in [6.45, 7) is 0. The van der Waals surface area contributed by atoms with E-state index in [1.807, 2.05) is 6.07 Å². The van der Waals surface area contributed by atoms with E-state index in [9.17, 15) is 13.2 Å². The van der Waals surface area contributed by atoms with Crippen molar-refractivity contribution in [2.45, 2.75) is 6.18 Å². The lowest BCUT2D eigenvalue weighted by molar-refractivity contribution is -0.137. The molecule has 2 aromatic carbocycles. The van der Waals surface area contributed by atoms with Gasteiger partial charge >= 0.3 is 6.18 Å². The van der Waals surface area contributed by atoms with E-state index in [1.54, 1.807) is 12.1 Å². The molecule has 0 saturated heterocycles. The smallest absolute Gasteiger partial charge is 0.398 e. The fourth-order valence-corrected chi connectivity index (χ4v) is 2.04. The van der Waals surface area contributed by atoms with Crippen molar-refractivity contribution in [2.75, 3.05) is 5.73 Å². The van der Waals surface area contributed by atoms with E-state index >= 15 is 0 Å². The molecule has 2 aromatic rings. The van der Waals surface area contributed by atoms with Crippen molar-refractivity contribution in [1.29, 1.82) is 10.7 Å². The molecule has 0 aliphatic carbocycles. The van der Waals surface area contributed by atoms with Crippen LogP contribution in [0.15, 0.2) is 36.4 Å². The van der Waals surface area contributed by atoms with E-state index in [1.165, 1.54) is 12.1 Å². The third kappa shape index (κ3) is 2.72. The zero-order chi connectivity index (χ0) is 15.6. The van der Waals surface area contributed by atoms with Crippen molar-refractivity contribution >= 4 is 11.9 Å². The molecule has 0 heterocycles. The minimum Gasteiger partial charge on any atom is -0.398 e.